The van der Waals surface area contributed by atoms with Gasteiger partial charge in [0.25, 0.3) is 0 Å². The average molecular weight is 232 g/mol. The Morgan fingerprint density at radius 3 is 2.24 bits per heavy atom. The smallest absolute Gasteiger partial charge is 0.165 e. The molecule has 0 aliphatic heterocycles. The molecule has 0 radical (unpaired) electrons. The normalized spacial score (nSPS) is 12.2. The summed E-state index contributed by atoms with van der Waals surface area (Å²) in [5, 5.41) is 9.58. The van der Waals surface area contributed by atoms with E-state index < -0.39 is 11.9 Å². The summed E-state index contributed by atoms with van der Waals surface area (Å²) in [6.07, 6.45) is -0.655. The van der Waals surface area contributed by atoms with Crippen molar-refractivity contribution in [3.63, 3.8) is 0 Å². The second-order valence-corrected chi connectivity index (χ2v) is 3.75. The van der Waals surface area contributed by atoms with Gasteiger partial charge in [-0.15, -0.1) is 0 Å². The first kappa shape index (κ1) is 11.6. The third-order valence-electron chi connectivity index (χ3n) is 2.43. The number of aliphatic hydroxyl groups excluding tert-OH is 1. The first-order chi connectivity index (χ1) is 8.18. The van der Waals surface area contributed by atoms with Gasteiger partial charge in [0.1, 0.15) is 5.75 Å². The van der Waals surface area contributed by atoms with Crippen LogP contribution in [0.4, 0.5) is 4.39 Å². The molecule has 1 atom stereocenters. The Kier molecular flexibility index (Phi) is 3.40. The minimum atomic E-state index is -0.655. The first-order valence-electron chi connectivity index (χ1n) is 5.38. The standard InChI is InChI=1S/C14H13FO2/c1-10(16)11-6-2-4-8-13(11)17-14-9-5-3-7-12(14)15/h2-10,16H,1H3/t10-/m0/s1. The van der Waals surface area contributed by atoms with Crippen LogP contribution in [0.1, 0.15) is 18.6 Å². The van der Waals surface area contributed by atoms with E-state index >= 15 is 0 Å². The lowest BCUT2D eigenvalue weighted by Gasteiger charge is -2.13. The Balaban J connectivity index is 2.34. The van der Waals surface area contributed by atoms with E-state index in [0.717, 1.165) is 0 Å². The van der Waals surface area contributed by atoms with Crippen molar-refractivity contribution in [2.45, 2.75) is 13.0 Å². The van der Waals surface area contributed by atoms with Crippen LogP contribution < -0.4 is 4.74 Å². The number of aliphatic hydroxyl groups is 1. The van der Waals surface area contributed by atoms with Crippen molar-refractivity contribution in [3.05, 3.63) is 59.9 Å². The first-order valence-corrected chi connectivity index (χ1v) is 5.38. The van der Waals surface area contributed by atoms with E-state index in [2.05, 4.69) is 0 Å². The van der Waals surface area contributed by atoms with Crippen molar-refractivity contribution in [1.82, 2.24) is 0 Å². The largest absolute Gasteiger partial charge is 0.454 e. The highest BCUT2D eigenvalue weighted by molar-refractivity contribution is 5.39. The summed E-state index contributed by atoms with van der Waals surface area (Å²) < 4.78 is 18.9. The molecule has 1 N–H and O–H groups in total. The fourth-order valence-electron chi connectivity index (χ4n) is 1.56. The van der Waals surface area contributed by atoms with Crippen molar-refractivity contribution >= 4 is 0 Å². The summed E-state index contributed by atoms with van der Waals surface area (Å²) >= 11 is 0. The molecule has 3 heteroatoms. The van der Waals surface area contributed by atoms with Crippen molar-refractivity contribution in [2.24, 2.45) is 0 Å². The number of benzene rings is 2. The molecular formula is C14H13FO2. The van der Waals surface area contributed by atoms with Crippen LogP contribution >= 0.6 is 0 Å². The Labute approximate surface area is 99.3 Å². The average Bonchev–Trinajstić information content (AvgIpc) is 2.32. The van der Waals surface area contributed by atoms with Crippen LogP contribution in [0.25, 0.3) is 0 Å². The third-order valence-corrected chi connectivity index (χ3v) is 2.43. The Morgan fingerprint density at radius 1 is 1.00 bits per heavy atom. The molecule has 2 nitrogen and oxygen atoms in total. The summed E-state index contributed by atoms with van der Waals surface area (Å²) in [4.78, 5) is 0. The van der Waals surface area contributed by atoms with E-state index in [1.807, 2.05) is 0 Å². The minimum Gasteiger partial charge on any atom is -0.454 e. The number of halogens is 1. The van der Waals surface area contributed by atoms with E-state index in [9.17, 15) is 9.50 Å². The van der Waals surface area contributed by atoms with Crippen LogP contribution in [0.5, 0.6) is 11.5 Å². The van der Waals surface area contributed by atoms with Gasteiger partial charge in [-0.3, -0.25) is 0 Å². The molecule has 2 aromatic rings. The lowest BCUT2D eigenvalue weighted by atomic mass is 10.1. The SMILES string of the molecule is C[C@H](O)c1ccccc1Oc1ccccc1F. The molecule has 0 unspecified atom stereocenters. The molecule has 0 saturated heterocycles. The van der Waals surface area contributed by atoms with Crippen molar-refractivity contribution in [3.8, 4) is 11.5 Å². The van der Waals surface area contributed by atoms with Gasteiger partial charge in [0, 0.05) is 5.56 Å². The summed E-state index contributed by atoms with van der Waals surface area (Å²) in [5.74, 6) is 0.195. The second-order valence-electron chi connectivity index (χ2n) is 3.75. The zero-order valence-corrected chi connectivity index (χ0v) is 9.43. The number of rotatable bonds is 3. The molecule has 0 aliphatic carbocycles. The molecule has 0 fully saturated rings. The van der Waals surface area contributed by atoms with Crippen molar-refractivity contribution < 1.29 is 14.2 Å². The molecule has 0 saturated carbocycles. The number of hydrogen-bond acceptors (Lipinski definition) is 2. The Morgan fingerprint density at radius 2 is 1.59 bits per heavy atom. The Bertz CT molecular complexity index is 509. The summed E-state index contributed by atoms with van der Waals surface area (Å²) in [5.41, 5.74) is 0.635. The van der Waals surface area contributed by atoms with Crippen molar-refractivity contribution in [2.75, 3.05) is 0 Å². The van der Waals surface area contributed by atoms with Gasteiger partial charge < -0.3 is 9.84 Å². The highest BCUT2D eigenvalue weighted by Gasteiger charge is 2.10. The van der Waals surface area contributed by atoms with Gasteiger partial charge in [0.15, 0.2) is 11.6 Å². The fraction of sp³-hybridized carbons (Fsp3) is 0.143. The highest BCUT2D eigenvalue weighted by atomic mass is 19.1. The van der Waals surface area contributed by atoms with E-state index in [0.29, 0.717) is 11.3 Å². The number of hydrogen-bond donors (Lipinski definition) is 1. The molecule has 0 bridgehead atoms. The van der Waals surface area contributed by atoms with E-state index in [1.54, 1.807) is 49.4 Å². The fourth-order valence-corrected chi connectivity index (χ4v) is 1.56. The lowest BCUT2D eigenvalue weighted by Crippen LogP contribution is -1.96. The van der Waals surface area contributed by atoms with E-state index in [4.69, 9.17) is 4.74 Å². The van der Waals surface area contributed by atoms with Crippen LogP contribution in [0.15, 0.2) is 48.5 Å². The zero-order chi connectivity index (χ0) is 12.3. The molecule has 2 rings (SSSR count). The third kappa shape index (κ3) is 2.63. The Hall–Kier alpha value is -1.87. The molecule has 17 heavy (non-hydrogen) atoms. The summed E-state index contributed by atoms with van der Waals surface area (Å²) in [7, 11) is 0. The maximum atomic E-state index is 13.4. The van der Waals surface area contributed by atoms with E-state index in [1.165, 1.54) is 6.07 Å². The lowest BCUT2D eigenvalue weighted by molar-refractivity contribution is 0.195. The monoisotopic (exact) mass is 232 g/mol. The van der Waals surface area contributed by atoms with Crippen molar-refractivity contribution in [1.29, 1.82) is 0 Å². The minimum absolute atomic E-state index is 0.153. The maximum absolute atomic E-state index is 13.4. The molecule has 0 heterocycles. The summed E-state index contributed by atoms with van der Waals surface area (Å²) in [6, 6.07) is 13.2. The van der Waals surface area contributed by atoms with Crippen LogP contribution in [0, 0.1) is 5.82 Å². The van der Waals surface area contributed by atoms with Gasteiger partial charge in [-0.25, -0.2) is 4.39 Å². The molecule has 2 aromatic carbocycles. The zero-order valence-electron chi connectivity index (χ0n) is 9.43. The molecule has 88 valence electrons. The molecule has 0 aliphatic rings. The summed E-state index contributed by atoms with van der Waals surface area (Å²) in [6.45, 7) is 1.64. The predicted octanol–water partition coefficient (Wildman–Crippen LogP) is 3.67. The van der Waals surface area contributed by atoms with Gasteiger partial charge in [-0.2, -0.15) is 0 Å². The predicted molar refractivity (Wildman–Crippen MR) is 63.5 cm³/mol. The molecule has 0 aromatic heterocycles. The molecule has 0 amide bonds. The quantitative estimate of drug-likeness (QED) is 0.874. The number of ether oxygens (including phenoxy) is 1. The second kappa shape index (κ2) is 4.97. The van der Waals surface area contributed by atoms with Gasteiger partial charge in [-0.1, -0.05) is 30.3 Å². The van der Waals surface area contributed by atoms with Crippen LogP contribution in [-0.2, 0) is 0 Å². The maximum Gasteiger partial charge on any atom is 0.165 e. The van der Waals surface area contributed by atoms with Crippen LogP contribution in [0.2, 0.25) is 0 Å². The number of para-hydroxylation sites is 2. The van der Waals surface area contributed by atoms with Crippen LogP contribution in [-0.4, -0.2) is 5.11 Å². The highest BCUT2D eigenvalue weighted by Crippen LogP contribution is 2.30. The molecule has 0 spiro atoms. The van der Waals surface area contributed by atoms with Gasteiger partial charge in [0.05, 0.1) is 6.10 Å². The van der Waals surface area contributed by atoms with Crippen LogP contribution in [0.3, 0.4) is 0 Å². The van der Waals surface area contributed by atoms with Gasteiger partial charge in [-0.05, 0) is 25.1 Å². The van der Waals surface area contributed by atoms with E-state index in [-0.39, 0.29) is 5.75 Å². The molecular weight excluding hydrogens is 219 g/mol. The topological polar surface area (TPSA) is 29.5 Å². The van der Waals surface area contributed by atoms with Gasteiger partial charge in [0.2, 0.25) is 0 Å². The van der Waals surface area contributed by atoms with Gasteiger partial charge >= 0.3 is 0 Å².